The second-order valence-electron chi connectivity index (χ2n) is 5.72. The summed E-state index contributed by atoms with van der Waals surface area (Å²) < 4.78 is 26.8. The molecule has 2 unspecified atom stereocenters. The third-order valence-corrected chi connectivity index (χ3v) is 5.53. The van der Waals surface area contributed by atoms with Crippen LogP contribution in [0, 0.1) is 22.0 Å². The quantitative estimate of drug-likeness (QED) is 0.520. The van der Waals surface area contributed by atoms with Gasteiger partial charge in [0, 0.05) is 13.1 Å². The number of nitro benzene ring substituents is 1. The molecule has 7 nitrogen and oxygen atoms in total. The Kier molecular flexibility index (Phi) is 4.20. The highest BCUT2D eigenvalue weighted by atomic mass is 32.2. The topological polar surface area (TPSA) is 107 Å². The molecule has 0 spiro atoms. The molecule has 0 bridgehead atoms. The van der Waals surface area contributed by atoms with Crippen LogP contribution in [-0.4, -0.2) is 30.7 Å². The zero-order valence-electron chi connectivity index (χ0n) is 12.0. The molecule has 21 heavy (non-hydrogen) atoms. The standard InChI is InChI=1S/C13H19N3O4S/c1-9-6-10(2)8-15(7-9)21(19,20)12-5-3-4-11(14)13(12)16(17)18/h3-5,9-10H,6-8,14H2,1-2H3. The molecule has 1 heterocycles. The maximum Gasteiger partial charge on any atom is 0.312 e. The molecule has 0 amide bonds. The maximum atomic E-state index is 12.7. The molecule has 1 aromatic rings. The summed E-state index contributed by atoms with van der Waals surface area (Å²) in [5, 5.41) is 11.1. The highest BCUT2D eigenvalue weighted by Crippen LogP contribution is 2.34. The first-order valence-corrected chi connectivity index (χ1v) is 8.20. The minimum absolute atomic E-state index is 0.140. The molecule has 116 valence electrons. The highest BCUT2D eigenvalue weighted by molar-refractivity contribution is 7.89. The lowest BCUT2D eigenvalue weighted by Crippen LogP contribution is -2.42. The lowest BCUT2D eigenvalue weighted by atomic mass is 9.94. The summed E-state index contributed by atoms with van der Waals surface area (Å²) >= 11 is 0. The Hall–Kier alpha value is -1.67. The monoisotopic (exact) mass is 313 g/mol. The van der Waals surface area contributed by atoms with Gasteiger partial charge in [-0.2, -0.15) is 4.31 Å². The van der Waals surface area contributed by atoms with Gasteiger partial charge in [-0.15, -0.1) is 0 Å². The molecule has 1 aliphatic rings. The van der Waals surface area contributed by atoms with E-state index in [4.69, 9.17) is 5.73 Å². The van der Waals surface area contributed by atoms with Gasteiger partial charge in [-0.25, -0.2) is 8.42 Å². The highest BCUT2D eigenvalue weighted by Gasteiger charge is 2.36. The van der Waals surface area contributed by atoms with Crippen molar-refractivity contribution >= 4 is 21.4 Å². The largest absolute Gasteiger partial charge is 0.393 e. The molecular weight excluding hydrogens is 294 g/mol. The van der Waals surface area contributed by atoms with E-state index >= 15 is 0 Å². The van der Waals surface area contributed by atoms with Gasteiger partial charge < -0.3 is 5.73 Å². The Balaban J connectivity index is 2.50. The van der Waals surface area contributed by atoms with Crippen LogP contribution in [0.25, 0.3) is 0 Å². The van der Waals surface area contributed by atoms with E-state index in [0.717, 1.165) is 6.42 Å². The predicted molar refractivity (Wildman–Crippen MR) is 79.2 cm³/mol. The van der Waals surface area contributed by atoms with Crippen molar-refractivity contribution in [2.24, 2.45) is 11.8 Å². The third kappa shape index (κ3) is 3.01. The Labute approximate surface area is 123 Å². The molecule has 0 saturated carbocycles. The molecule has 1 aliphatic heterocycles. The maximum absolute atomic E-state index is 12.7. The van der Waals surface area contributed by atoms with Crippen molar-refractivity contribution in [3.8, 4) is 0 Å². The first-order valence-electron chi connectivity index (χ1n) is 6.76. The summed E-state index contributed by atoms with van der Waals surface area (Å²) in [5.41, 5.74) is 4.90. The van der Waals surface area contributed by atoms with Crippen LogP contribution < -0.4 is 5.73 Å². The van der Waals surface area contributed by atoms with Crippen molar-refractivity contribution in [1.29, 1.82) is 0 Å². The van der Waals surface area contributed by atoms with Gasteiger partial charge in [0.05, 0.1) is 4.92 Å². The molecule has 1 aromatic carbocycles. The van der Waals surface area contributed by atoms with E-state index < -0.39 is 20.6 Å². The second kappa shape index (κ2) is 5.61. The van der Waals surface area contributed by atoms with E-state index in [1.807, 2.05) is 13.8 Å². The van der Waals surface area contributed by atoms with Crippen LogP contribution in [0.15, 0.2) is 23.1 Å². The van der Waals surface area contributed by atoms with E-state index in [2.05, 4.69) is 0 Å². The molecule has 8 heteroatoms. The Morgan fingerprint density at radius 1 is 1.29 bits per heavy atom. The summed E-state index contributed by atoms with van der Waals surface area (Å²) in [6, 6.07) is 4.00. The number of anilines is 1. The van der Waals surface area contributed by atoms with Gasteiger partial charge in [0.25, 0.3) is 0 Å². The van der Waals surface area contributed by atoms with Gasteiger partial charge in [0.1, 0.15) is 5.69 Å². The number of benzene rings is 1. The van der Waals surface area contributed by atoms with Crippen molar-refractivity contribution in [1.82, 2.24) is 4.31 Å². The fraction of sp³-hybridized carbons (Fsp3) is 0.538. The predicted octanol–water partition coefficient (Wildman–Crippen LogP) is 1.84. The smallest absolute Gasteiger partial charge is 0.312 e. The van der Waals surface area contributed by atoms with E-state index in [9.17, 15) is 18.5 Å². The van der Waals surface area contributed by atoms with Crippen LogP contribution in [-0.2, 0) is 10.0 Å². The fourth-order valence-corrected chi connectivity index (χ4v) is 4.75. The molecule has 2 N–H and O–H groups in total. The van der Waals surface area contributed by atoms with Crippen molar-refractivity contribution in [2.45, 2.75) is 25.2 Å². The molecule has 2 rings (SSSR count). The average molecular weight is 313 g/mol. The van der Waals surface area contributed by atoms with E-state index in [-0.39, 0.29) is 22.4 Å². The Morgan fingerprint density at radius 3 is 2.38 bits per heavy atom. The number of hydrogen-bond acceptors (Lipinski definition) is 5. The van der Waals surface area contributed by atoms with Gasteiger partial charge in [-0.05, 0) is 30.4 Å². The van der Waals surface area contributed by atoms with Crippen molar-refractivity contribution in [2.75, 3.05) is 18.8 Å². The SMILES string of the molecule is CC1CC(C)CN(S(=O)(=O)c2cccc(N)c2[N+](=O)[O-])C1. The molecular formula is C13H19N3O4S. The Bertz CT molecular complexity index is 649. The van der Waals surface area contributed by atoms with E-state index in [0.29, 0.717) is 13.1 Å². The number of rotatable bonds is 3. The fourth-order valence-electron chi connectivity index (χ4n) is 2.88. The first kappa shape index (κ1) is 15.7. The zero-order chi connectivity index (χ0) is 15.8. The summed E-state index contributed by atoms with van der Waals surface area (Å²) in [7, 11) is -3.91. The molecule has 1 saturated heterocycles. The summed E-state index contributed by atoms with van der Waals surface area (Å²) in [6.45, 7) is 4.70. The van der Waals surface area contributed by atoms with Crippen LogP contribution >= 0.6 is 0 Å². The molecule has 0 aliphatic carbocycles. The number of nitro groups is 1. The minimum Gasteiger partial charge on any atom is -0.393 e. The van der Waals surface area contributed by atoms with Gasteiger partial charge in [0.15, 0.2) is 4.90 Å². The second-order valence-corrected chi connectivity index (χ2v) is 7.63. The van der Waals surface area contributed by atoms with E-state index in [1.54, 1.807) is 0 Å². The number of hydrogen-bond donors (Lipinski definition) is 1. The number of nitrogens with zero attached hydrogens (tertiary/aromatic N) is 2. The summed E-state index contributed by atoms with van der Waals surface area (Å²) in [4.78, 5) is 10.1. The summed E-state index contributed by atoms with van der Waals surface area (Å²) in [5.74, 6) is 0.451. The van der Waals surface area contributed by atoms with Crippen molar-refractivity contribution in [3.05, 3.63) is 28.3 Å². The van der Waals surface area contributed by atoms with E-state index in [1.165, 1.54) is 22.5 Å². The lowest BCUT2D eigenvalue weighted by molar-refractivity contribution is -0.386. The number of nitrogen functional groups attached to an aromatic ring is 1. The molecule has 0 aromatic heterocycles. The van der Waals surface area contributed by atoms with Crippen LogP contribution in [0.3, 0.4) is 0 Å². The third-order valence-electron chi connectivity index (χ3n) is 3.67. The minimum atomic E-state index is -3.91. The van der Waals surface area contributed by atoms with Crippen LogP contribution in [0.4, 0.5) is 11.4 Å². The van der Waals surface area contributed by atoms with Gasteiger partial charge in [0.2, 0.25) is 10.0 Å². The molecule has 2 atom stereocenters. The lowest BCUT2D eigenvalue weighted by Gasteiger charge is -2.33. The van der Waals surface area contributed by atoms with Gasteiger partial charge in [-0.1, -0.05) is 19.9 Å². The van der Waals surface area contributed by atoms with Crippen LogP contribution in [0.1, 0.15) is 20.3 Å². The van der Waals surface area contributed by atoms with Crippen molar-refractivity contribution < 1.29 is 13.3 Å². The number of para-hydroxylation sites is 1. The van der Waals surface area contributed by atoms with Gasteiger partial charge >= 0.3 is 5.69 Å². The summed E-state index contributed by atoms with van der Waals surface area (Å²) in [6.07, 6.45) is 0.949. The first-order chi connectivity index (χ1) is 9.73. The number of sulfonamides is 1. The van der Waals surface area contributed by atoms with Gasteiger partial charge in [-0.3, -0.25) is 10.1 Å². The number of nitrogens with two attached hydrogens (primary N) is 1. The zero-order valence-corrected chi connectivity index (χ0v) is 12.8. The average Bonchev–Trinajstić information content (AvgIpc) is 2.36. The number of piperidine rings is 1. The molecule has 1 fully saturated rings. The van der Waals surface area contributed by atoms with Crippen LogP contribution in [0.2, 0.25) is 0 Å². The van der Waals surface area contributed by atoms with Crippen molar-refractivity contribution in [3.63, 3.8) is 0 Å². The Morgan fingerprint density at radius 2 is 1.86 bits per heavy atom. The normalized spacial score (nSPS) is 23.9. The molecule has 0 radical (unpaired) electrons. The van der Waals surface area contributed by atoms with Crippen LogP contribution in [0.5, 0.6) is 0 Å².